The summed E-state index contributed by atoms with van der Waals surface area (Å²) in [6.07, 6.45) is 5.62. The SMILES string of the molecule is CN(C)C(=O)C1C2CCCC(CC2)C1C(=O)N(C)C. The van der Waals surface area contributed by atoms with Crippen molar-refractivity contribution in [3.05, 3.63) is 0 Å². The van der Waals surface area contributed by atoms with Gasteiger partial charge in [0.15, 0.2) is 0 Å². The zero-order valence-corrected chi connectivity index (χ0v) is 12.6. The summed E-state index contributed by atoms with van der Waals surface area (Å²) in [5.41, 5.74) is 0. The van der Waals surface area contributed by atoms with E-state index in [1.165, 1.54) is 6.42 Å². The van der Waals surface area contributed by atoms with Crippen LogP contribution in [-0.4, -0.2) is 49.8 Å². The fourth-order valence-electron chi connectivity index (χ4n) is 3.97. The first-order valence-corrected chi connectivity index (χ1v) is 7.35. The van der Waals surface area contributed by atoms with Crippen LogP contribution in [0.5, 0.6) is 0 Å². The van der Waals surface area contributed by atoms with Crippen LogP contribution < -0.4 is 0 Å². The molecule has 0 aromatic heterocycles. The Morgan fingerprint density at radius 3 is 1.42 bits per heavy atom. The smallest absolute Gasteiger partial charge is 0.226 e. The van der Waals surface area contributed by atoms with E-state index in [1.807, 2.05) is 0 Å². The Hall–Kier alpha value is -1.06. The number of hydrogen-bond donors (Lipinski definition) is 0. The maximum atomic E-state index is 12.5. The molecule has 19 heavy (non-hydrogen) atoms. The van der Waals surface area contributed by atoms with Gasteiger partial charge < -0.3 is 9.80 Å². The number of carbonyl (C=O) groups excluding carboxylic acids is 2. The van der Waals surface area contributed by atoms with Crippen molar-refractivity contribution in [1.82, 2.24) is 9.80 Å². The normalized spacial score (nSPS) is 33.7. The molecule has 3 aliphatic carbocycles. The van der Waals surface area contributed by atoms with Crippen molar-refractivity contribution in [3.8, 4) is 0 Å². The van der Waals surface area contributed by atoms with Gasteiger partial charge in [0, 0.05) is 28.2 Å². The molecule has 3 saturated carbocycles. The largest absolute Gasteiger partial charge is 0.349 e. The van der Waals surface area contributed by atoms with E-state index in [4.69, 9.17) is 0 Å². The van der Waals surface area contributed by atoms with Gasteiger partial charge in [0.2, 0.25) is 11.8 Å². The van der Waals surface area contributed by atoms with Crippen LogP contribution in [0, 0.1) is 23.7 Å². The lowest BCUT2D eigenvalue weighted by Crippen LogP contribution is -2.49. The zero-order chi connectivity index (χ0) is 14.2. The summed E-state index contributed by atoms with van der Waals surface area (Å²) in [4.78, 5) is 28.4. The van der Waals surface area contributed by atoms with Crippen molar-refractivity contribution >= 4 is 11.8 Å². The van der Waals surface area contributed by atoms with E-state index in [2.05, 4.69) is 0 Å². The van der Waals surface area contributed by atoms with Gasteiger partial charge in [-0.2, -0.15) is 0 Å². The molecule has 4 unspecified atom stereocenters. The number of fused-ring (bicyclic) bond motifs is 4. The summed E-state index contributed by atoms with van der Waals surface area (Å²) < 4.78 is 0. The van der Waals surface area contributed by atoms with Crippen LogP contribution >= 0.6 is 0 Å². The summed E-state index contributed by atoms with van der Waals surface area (Å²) in [7, 11) is 7.21. The van der Waals surface area contributed by atoms with Crippen LogP contribution in [0.25, 0.3) is 0 Å². The van der Waals surface area contributed by atoms with Gasteiger partial charge in [-0.15, -0.1) is 0 Å². The second-order valence-corrected chi connectivity index (χ2v) is 6.55. The third-order valence-corrected chi connectivity index (χ3v) is 4.91. The molecule has 0 aromatic carbocycles. The van der Waals surface area contributed by atoms with E-state index >= 15 is 0 Å². The molecule has 108 valence electrons. The highest BCUT2D eigenvalue weighted by Gasteiger charge is 2.49. The Labute approximate surface area is 116 Å². The van der Waals surface area contributed by atoms with Gasteiger partial charge in [0.25, 0.3) is 0 Å². The first-order chi connectivity index (χ1) is 8.93. The highest BCUT2D eigenvalue weighted by Crippen LogP contribution is 2.47. The van der Waals surface area contributed by atoms with E-state index in [0.29, 0.717) is 11.8 Å². The first kappa shape index (κ1) is 14.4. The van der Waals surface area contributed by atoms with Crippen LogP contribution in [-0.2, 0) is 9.59 Å². The van der Waals surface area contributed by atoms with Gasteiger partial charge >= 0.3 is 0 Å². The van der Waals surface area contributed by atoms with E-state index < -0.39 is 0 Å². The van der Waals surface area contributed by atoms with Crippen molar-refractivity contribution < 1.29 is 9.59 Å². The summed E-state index contributed by atoms with van der Waals surface area (Å²) >= 11 is 0. The van der Waals surface area contributed by atoms with Crippen molar-refractivity contribution in [2.75, 3.05) is 28.2 Å². The molecule has 2 amide bonds. The quantitative estimate of drug-likeness (QED) is 0.762. The number of amides is 2. The van der Waals surface area contributed by atoms with Crippen LogP contribution in [0.3, 0.4) is 0 Å². The Morgan fingerprint density at radius 1 is 0.737 bits per heavy atom. The molecule has 3 fully saturated rings. The van der Waals surface area contributed by atoms with Crippen molar-refractivity contribution in [1.29, 1.82) is 0 Å². The molecule has 2 bridgehead atoms. The summed E-state index contributed by atoms with van der Waals surface area (Å²) in [6, 6.07) is 0. The molecule has 0 saturated heterocycles. The van der Waals surface area contributed by atoms with Gasteiger partial charge in [0.1, 0.15) is 0 Å². The lowest BCUT2D eigenvalue weighted by Gasteiger charge is -2.40. The zero-order valence-electron chi connectivity index (χ0n) is 12.6. The predicted octanol–water partition coefficient (Wildman–Crippen LogP) is 1.61. The van der Waals surface area contributed by atoms with Gasteiger partial charge in [-0.3, -0.25) is 9.59 Å². The second-order valence-electron chi connectivity index (χ2n) is 6.55. The minimum atomic E-state index is -0.0915. The number of nitrogens with zero attached hydrogens (tertiary/aromatic N) is 2. The standard InChI is InChI=1S/C15H26N2O2/c1-16(2)14(18)12-10-6-5-7-11(9-8-10)13(12)15(19)17(3)4/h10-13H,5-9H2,1-4H3. The minimum Gasteiger partial charge on any atom is -0.349 e. The third kappa shape index (κ3) is 2.63. The average molecular weight is 266 g/mol. The fraction of sp³-hybridized carbons (Fsp3) is 0.867. The number of carbonyl (C=O) groups is 2. The molecule has 0 N–H and O–H groups in total. The second kappa shape index (κ2) is 5.51. The first-order valence-electron chi connectivity index (χ1n) is 7.35. The van der Waals surface area contributed by atoms with Crippen molar-refractivity contribution in [3.63, 3.8) is 0 Å². The third-order valence-electron chi connectivity index (χ3n) is 4.91. The molecule has 3 rings (SSSR count). The Kier molecular flexibility index (Phi) is 4.16. The summed E-state index contributed by atoms with van der Waals surface area (Å²) in [5.74, 6) is 0.927. The Morgan fingerprint density at radius 2 is 1.11 bits per heavy atom. The molecule has 3 aliphatic rings. The molecule has 4 atom stereocenters. The predicted molar refractivity (Wildman–Crippen MR) is 74.4 cm³/mol. The topological polar surface area (TPSA) is 40.6 Å². The summed E-state index contributed by atoms with van der Waals surface area (Å²) in [5, 5.41) is 0. The lowest BCUT2D eigenvalue weighted by atomic mass is 9.66. The highest BCUT2D eigenvalue weighted by atomic mass is 16.2. The van der Waals surface area contributed by atoms with Gasteiger partial charge in [0.05, 0.1) is 11.8 Å². The van der Waals surface area contributed by atoms with Crippen molar-refractivity contribution in [2.24, 2.45) is 23.7 Å². The minimum absolute atomic E-state index is 0.0915. The van der Waals surface area contributed by atoms with Crippen LogP contribution in [0.15, 0.2) is 0 Å². The van der Waals surface area contributed by atoms with Crippen molar-refractivity contribution in [2.45, 2.75) is 32.1 Å². The van der Waals surface area contributed by atoms with Gasteiger partial charge in [-0.05, 0) is 37.5 Å². The summed E-state index contributed by atoms with van der Waals surface area (Å²) in [6.45, 7) is 0. The molecular formula is C15H26N2O2. The van der Waals surface area contributed by atoms with E-state index in [-0.39, 0.29) is 23.7 Å². The van der Waals surface area contributed by atoms with E-state index in [0.717, 1.165) is 25.7 Å². The maximum Gasteiger partial charge on any atom is 0.226 e. The Balaban J connectivity index is 2.33. The molecular weight excluding hydrogens is 240 g/mol. The maximum absolute atomic E-state index is 12.5. The van der Waals surface area contributed by atoms with Gasteiger partial charge in [-0.1, -0.05) is 6.42 Å². The molecule has 0 aliphatic heterocycles. The molecule has 0 aromatic rings. The van der Waals surface area contributed by atoms with Crippen LogP contribution in [0.2, 0.25) is 0 Å². The molecule has 4 nitrogen and oxygen atoms in total. The monoisotopic (exact) mass is 266 g/mol. The van der Waals surface area contributed by atoms with Crippen LogP contribution in [0.4, 0.5) is 0 Å². The number of hydrogen-bond acceptors (Lipinski definition) is 2. The molecule has 0 heterocycles. The van der Waals surface area contributed by atoms with Gasteiger partial charge in [-0.25, -0.2) is 0 Å². The fourth-order valence-corrected chi connectivity index (χ4v) is 3.97. The molecule has 0 spiro atoms. The highest BCUT2D eigenvalue weighted by molar-refractivity contribution is 5.88. The average Bonchev–Trinajstić information content (AvgIpc) is 2.69. The van der Waals surface area contributed by atoms with E-state index in [1.54, 1.807) is 38.0 Å². The van der Waals surface area contributed by atoms with E-state index in [9.17, 15) is 9.59 Å². The molecule has 4 heteroatoms. The lowest BCUT2D eigenvalue weighted by molar-refractivity contribution is -0.150. The molecule has 0 radical (unpaired) electrons. The van der Waals surface area contributed by atoms with Crippen LogP contribution in [0.1, 0.15) is 32.1 Å². The number of rotatable bonds is 2. The Bertz CT molecular complexity index is 327.